The maximum atomic E-state index is 12.6. The van der Waals surface area contributed by atoms with Gasteiger partial charge in [0.1, 0.15) is 18.5 Å². The minimum atomic E-state index is -0.905. The number of imidazole rings is 1. The van der Waals surface area contributed by atoms with E-state index in [9.17, 15) is 14.7 Å². The number of ether oxygens (including phenoxy) is 1. The summed E-state index contributed by atoms with van der Waals surface area (Å²) < 4.78 is 8.62. The lowest BCUT2D eigenvalue weighted by atomic mass is 10.2. The summed E-state index contributed by atoms with van der Waals surface area (Å²) in [7, 11) is 3.61. The van der Waals surface area contributed by atoms with Gasteiger partial charge in [0.2, 0.25) is 5.95 Å². The van der Waals surface area contributed by atoms with Gasteiger partial charge in [0.25, 0.3) is 5.56 Å². The molecule has 32 heavy (non-hydrogen) atoms. The van der Waals surface area contributed by atoms with E-state index in [1.54, 1.807) is 11.6 Å². The molecular formula is C21H29N7O4. The summed E-state index contributed by atoms with van der Waals surface area (Å²) in [5, 5.41) is 12.7. The number of hydrogen-bond donors (Lipinski definition) is 3. The van der Waals surface area contributed by atoms with E-state index in [0.717, 1.165) is 31.7 Å². The highest BCUT2D eigenvalue weighted by atomic mass is 16.5. The van der Waals surface area contributed by atoms with E-state index in [1.165, 1.54) is 4.57 Å². The molecule has 1 saturated heterocycles. The third kappa shape index (κ3) is 4.69. The van der Waals surface area contributed by atoms with Crippen LogP contribution in [0.2, 0.25) is 0 Å². The van der Waals surface area contributed by atoms with Crippen molar-refractivity contribution in [3.63, 3.8) is 0 Å². The van der Waals surface area contributed by atoms with Crippen molar-refractivity contribution >= 4 is 17.1 Å². The fraction of sp³-hybridized carbons (Fsp3) is 0.476. The molecule has 2 aromatic heterocycles. The van der Waals surface area contributed by atoms with Crippen LogP contribution in [0.4, 0.5) is 5.95 Å². The van der Waals surface area contributed by atoms with Gasteiger partial charge in [-0.05, 0) is 31.7 Å². The summed E-state index contributed by atoms with van der Waals surface area (Å²) in [6.45, 7) is 5.40. The Kier molecular flexibility index (Phi) is 6.31. The fourth-order valence-electron chi connectivity index (χ4n) is 3.72. The molecule has 1 fully saturated rings. The molecule has 0 radical (unpaired) electrons. The van der Waals surface area contributed by atoms with Gasteiger partial charge in [0, 0.05) is 33.2 Å². The summed E-state index contributed by atoms with van der Waals surface area (Å²) in [4.78, 5) is 33.7. The lowest BCUT2D eigenvalue weighted by Gasteiger charge is -2.32. The normalized spacial score (nSPS) is 16.4. The predicted molar refractivity (Wildman–Crippen MR) is 121 cm³/mol. The Morgan fingerprint density at radius 3 is 2.69 bits per heavy atom. The summed E-state index contributed by atoms with van der Waals surface area (Å²) in [6, 6.07) is 7.57. The highest BCUT2D eigenvalue weighted by molar-refractivity contribution is 5.74. The number of fused-ring (bicyclic) bond motifs is 1. The van der Waals surface area contributed by atoms with Crippen LogP contribution in [0.3, 0.4) is 0 Å². The number of benzene rings is 1. The number of aryl methyl sites for hydroxylation is 2. The number of aliphatic hydroxyl groups is 1. The highest BCUT2D eigenvalue weighted by Crippen LogP contribution is 2.18. The maximum absolute atomic E-state index is 12.6. The number of H-pyrrole nitrogens is 1. The Hall–Kier alpha value is -3.15. The molecule has 1 aliphatic heterocycles. The number of piperazine rings is 1. The molecular weight excluding hydrogens is 414 g/mol. The standard InChI is InChI=1S/C21H29N7O4/c1-14-5-4-6-16(11-14)32-13-15(29)12-28-17-18(26(3)21(31)23-19(17)30)22-20(28)24-27-9-7-25(2)8-10-27/h4-6,11,15,29H,7-10,12-13H2,1-3H3,(H,22,24)(H,23,30,31)/t15-/m0/s1. The number of aromatic nitrogens is 4. The number of hydrazine groups is 1. The first-order chi connectivity index (χ1) is 15.3. The largest absolute Gasteiger partial charge is 0.491 e. The Bertz CT molecular complexity index is 1210. The van der Waals surface area contributed by atoms with Crippen molar-refractivity contribution in [1.29, 1.82) is 0 Å². The Labute approximate surface area is 184 Å². The quantitative estimate of drug-likeness (QED) is 0.457. The molecule has 1 aliphatic rings. The molecule has 0 unspecified atom stereocenters. The first-order valence-electron chi connectivity index (χ1n) is 10.6. The third-order valence-corrected chi connectivity index (χ3v) is 5.59. The minimum absolute atomic E-state index is 0.0424. The first-order valence-corrected chi connectivity index (χ1v) is 10.6. The molecule has 172 valence electrons. The van der Waals surface area contributed by atoms with E-state index in [1.807, 2.05) is 36.2 Å². The average Bonchev–Trinajstić information content (AvgIpc) is 3.11. The van der Waals surface area contributed by atoms with Gasteiger partial charge in [-0.2, -0.15) is 4.98 Å². The van der Waals surface area contributed by atoms with Crippen molar-refractivity contribution in [3.8, 4) is 5.75 Å². The number of nitrogens with one attached hydrogen (secondary N) is 2. The average molecular weight is 444 g/mol. The smallest absolute Gasteiger partial charge is 0.329 e. The number of aromatic amines is 1. The maximum Gasteiger partial charge on any atom is 0.329 e. The molecule has 0 amide bonds. The Balaban J connectivity index is 1.61. The molecule has 3 N–H and O–H groups in total. The van der Waals surface area contributed by atoms with Crippen LogP contribution in [0, 0.1) is 6.92 Å². The summed E-state index contributed by atoms with van der Waals surface area (Å²) in [6.07, 6.45) is -0.905. The first kappa shape index (κ1) is 22.1. The van der Waals surface area contributed by atoms with Gasteiger partial charge < -0.3 is 19.3 Å². The Morgan fingerprint density at radius 1 is 1.22 bits per heavy atom. The zero-order chi connectivity index (χ0) is 22.8. The molecule has 1 atom stereocenters. The molecule has 1 aromatic carbocycles. The van der Waals surface area contributed by atoms with Crippen LogP contribution < -0.4 is 21.4 Å². The van der Waals surface area contributed by atoms with Crippen LogP contribution in [-0.2, 0) is 13.6 Å². The minimum Gasteiger partial charge on any atom is -0.491 e. The van der Waals surface area contributed by atoms with E-state index < -0.39 is 17.4 Å². The lowest BCUT2D eigenvalue weighted by molar-refractivity contribution is 0.0933. The molecule has 3 heterocycles. The van der Waals surface area contributed by atoms with E-state index >= 15 is 0 Å². The van der Waals surface area contributed by atoms with Crippen molar-refractivity contribution in [2.24, 2.45) is 7.05 Å². The predicted octanol–water partition coefficient (Wildman–Crippen LogP) is -0.254. The monoisotopic (exact) mass is 443 g/mol. The van der Waals surface area contributed by atoms with Gasteiger partial charge in [-0.1, -0.05) is 12.1 Å². The SMILES string of the molecule is Cc1cccc(OC[C@@H](O)Cn2c(NN3CCN(C)CC3)nc3c2c(=O)[nH]c(=O)n3C)c1. The summed E-state index contributed by atoms with van der Waals surface area (Å²) in [5.41, 5.74) is 3.70. The van der Waals surface area contributed by atoms with Crippen molar-refractivity contribution < 1.29 is 9.84 Å². The van der Waals surface area contributed by atoms with Gasteiger partial charge in [-0.3, -0.25) is 19.8 Å². The van der Waals surface area contributed by atoms with Gasteiger partial charge in [0.15, 0.2) is 11.2 Å². The zero-order valence-corrected chi connectivity index (χ0v) is 18.5. The number of nitrogens with zero attached hydrogens (tertiary/aromatic N) is 5. The van der Waals surface area contributed by atoms with Crippen molar-refractivity contribution in [1.82, 2.24) is 29.0 Å². The van der Waals surface area contributed by atoms with Crippen LogP contribution in [0.5, 0.6) is 5.75 Å². The third-order valence-electron chi connectivity index (χ3n) is 5.59. The number of anilines is 1. The number of hydrogen-bond acceptors (Lipinski definition) is 8. The fourth-order valence-corrected chi connectivity index (χ4v) is 3.72. The molecule has 0 aliphatic carbocycles. The number of rotatable bonds is 7. The van der Waals surface area contributed by atoms with Crippen LogP contribution >= 0.6 is 0 Å². The van der Waals surface area contributed by atoms with Crippen LogP contribution in [0.15, 0.2) is 33.9 Å². The Morgan fingerprint density at radius 2 is 1.97 bits per heavy atom. The van der Waals surface area contributed by atoms with Crippen LogP contribution in [0.1, 0.15) is 5.56 Å². The van der Waals surface area contributed by atoms with E-state index in [4.69, 9.17) is 4.74 Å². The van der Waals surface area contributed by atoms with Gasteiger partial charge in [-0.15, -0.1) is 0 Å². The molecule has 11 nitrogen and oxygen atoms in total. The molecule has 11 heteroatoms. The van der Waals surface area contributed by atoms with E-state index in [2.05, 4.69) is 27.3 Å². The van der Waals surface area contributed by atoms with E-state index in [0.29, 0.717) is 11.7 Å². The second-order valence-corrected chi connectivity index (χ2v) is 8.22. The van der Waals surface area contributed by atoms with Crippen molar-refractivity contribution in [2.45, 2.75) is 19.6 Å². The zero-order valence-electron chi connectivity index (χ0n) is 18.5. The van der Waals surface area contributed by atoms with E-state index in [-0.39, 0.29) is 24.3 Å². The molecule has 3 aromatic rings. The second-order valence-electron chi connectivity index (χ2n) is 8.22. The van der Waals surface area contributed by atoms with Gasteiger partial charge in [0.05, 0.1) is 6.54 Å². The molecule has 0 bridgehead atoms. The van der Waals surface area contributed by atoms with Crippen molar-refractivity contribution in [3.05, 3.63) is 50.7 Å². The summed E-state index contributed by atoms with van der Waals surface area (Å²) >= 11 is 0. The van der Waals surface area contributed by atoms with Crippen molar-refractivity contribution in [2.75, 3.05) is 45.3 Å². The van der Waals surface area contributed by atoms with Crippen LogP contribution in [0.25, 0.3) is 11.2 Å². The summed E-state index contributed by atoms with van der Waals surface area (Å²) in [5.74, 6) is 1.06. The highest BCUT2D eigenvalue weighted by Gasteiger charge is 2.22. The molecule has 0 spiro atoms. The van der Waals surface area contributed by atoms with Gasteiger partial charge in [-0.25, -0.2) is 9.80 Å². The molecule has 4 rings (SSSR count). The van der Waals surface area contributed by atoms with Crippen LogP contribution in [-0.4, -0.2) is 80.1 Å². The lowest BCUT2D eigenvalue weighted by Crippen LogP contribution is -2.47. The second kappa shape index (κ2) is 9.15. The number of likely N-dealkylation sites (N-methyl/N-ethyl adjacent to an activating group) is 1. The number of aliphatic hydroxyl groups excluding tert-OH is 1. The topological polar surface area (TPSA) is 121 Å². The van der Waals surface area contributed by atoms with Gasteiger partial charge >= 0.3 is 5.69 Å². The molecule has 0 saturated carbocycles.